The fourth-order valence-electron chi connectivity index (χ4n) is 6.77. The molecule has 2 saturated heterocycles. The molecule has 2 aliphatic rings. The van der Waals surface area contributed by atoms with Gasteiger partial charge in [0.15, 0.2) is 0 Å². The van der Waals surface area contributed by atoms with Crippen molar-refractivity contribution in [1.82, 2.24) is 25.8 Å². The van der Waals surface area contributed by atoms with Crippen LogP contribution in [0.25, 0.3) is 0 Å². The number of nitrogens with zero attached hydrogens (tertiary/aromatic N) is 2. The van der Waals surface area contributed by atoms with Crippen molar-refractivity contribution in [2.24, 2.45) is 5.92 Å². The van der Waals surface area contributed by atoms with Crippen LogP contribution < -0.4 is 16.0 Å². The summed E-state index contributed by atoms with van der Waals surface area (Å²) in [4.78, 5) is 83.2. The second-order valence-corrected chi connectivity index (χ2v) is 15.7. The van der Waals surface area contributed by atoms with Crippen molar-refractivity contribution in [1.29, 1.82) is 0 Å². The molecule has 0 saturated carbocycles. The highest BCUT2D eigenvalue weighted by Crippen LogP contribution is 2.23. The van der Waals surface area contributed by atoms with Crippen molar-refractivity contribution in [3.05, 3.63) is 71.8 Å². The van der Waals surface area contributed by atoms with Crippen LogP contribution in [0.1, 0.15) is 77.8 Å². The van der Waals surface area contributed by atoms with E-state index in [-0.39, 0.29) is 51.9 Å². The average Bonchev–Trinajstić information content (AvgIpc) is 3.84. The first-order chi connectivity index (χ1) is 26.6. The Morgan fingerprint density at radius 2 is 1.21 bits per heavy atom. The molecule has 2 aliphatic heterocycles. The molecule has 2 aromatic carbocycles. The molecule has 0 unspecified atom stereocenters. The quantitative estimate of drug-likeness (QED) is 0.174. The van der Waals surface area contributed by atoms with Crippen LogP contribution >= 0.6 is 0 Å². The van der Waals surface area contributed by atoms with E-state index in [0.717, 1.165) is 11.1 Å². The number of carbonyl (C=O) groups is 6. The van der Waals surface area contributed by atoms with E-state index in [2.05, 4.69) is 16.0 Å². The summed E-state index contributed by atoms with van der Waals surface area (Å²) in [6, 6.07) is 13.2. The molecule has 2 fully saturated rings. The highest BCUT2D eigenvalue weighted by molar-refractivity contribution is 5.96. The molecular formula is C41H57N5O10. The minimum atomic E-state index is -1.21. The maximum absolute atomic E-state index is 14.3. The number of hydrogen-bond donors (Lipinski definition) is 4. The van der Waals surface area contributed by atoms with Gasteiger partial charge in [-0.3, -0.25) is 19.2 Å². The Bertz CT molecular complexity index is 1630. The molecule has 5 amide bonds. The summed E-state index contributed by atoms with van der Waals surface area (Å²) in [6.07, 6.45) is 1.02. The highest BCUT2D eigenvalue weighted by Gasteiger charge is 2.42. The first-order valence-corrected chi connectivity index (χ1v) is 19.3. The van der Waals surface area contributed by atoms with Gasteiger partial charge in [0.1, 0.15) is 35.8 Å². The van der Waals surface area contributed by atoms with Crippen LogP contribution in [0.4, 0.5) is 4.79 Å². The van der Waals surface area contributed by atoms with Crippen LogP contribution in [0.3, 0.4) is 0 Å². The lowest BCUT2D eigenvalue weighted by Crippen LogP contribution is -2.59. The van der Waals surface area contributed by atoms with Crippen LogP contribution in [0.15, 0.2) is 60.7 Å². The molecule has 2 aromatic rings. The molecule has 2 heterocycles. The zero-order valence-corrected chi connectivity index (χ0v) is 33.0. The number of aliphatic carboxylic acids is 1. The second-order valence-electron chi connectivity index (χ2n) is 15.7. The lowest BCUT2D eigenvalue weighted by molar-refractivity contribution is -0.150. The fourth-order valence-corrected chi connectivity index (χ4v) is 6.77. The Morgan fingerprint density at radius 1 is 0.714 bits per heavy atom. The summed E-state index contributed by atoms with van der Waals surface area (Å²) in [5.74, 6) is -3.48. The first kappa shape index (κ1) is 43.7. The zero-order valence-electron chi connectivity index (χ0n) is 33.0. The molecular weight excluding hydrogens is 722 g/mol. The molecule has 5 atom stereocenters. The number of carbonyl (C=O) groups excluding carboxylic acids is 5. The molecule has 0 bridgehead atoms. The van der Waals surface area contributed by atoms with Gasteiger partial charge in [0.25, 0.3) is 0 Å². The molecule has 0 spiro atoms. The van der Waals surface area contributed by atoms with Crippen LogP contribution in [0.5, 0.6) is 0 Å². The molecule has 56 heavy (non-hydrogen) atoms. The first-order valence-electron chi connectivity index (χ1n) is 19.3. The predicted octanol–water partition coefficient (Wildman–Crippen LogP) is 3.40. The molecule has 15 heteroatoms. The van der Waals surface area contributed by atoms with E-state index < -0.39 is 71.5 Å². The van der Waals surface area contributed by atoms with Crippen LogP contribution in [-0.2, 0) is 51.4 Å². The van der Waals surface area contributed by atoms with Gasteiger partial charge in [-0.2, -0.15) is 0 Å². The summed E-state index contributed by atoms with van der Waals surface area (Å²) in [5, 5.41) is 17.9. The van der Waals surface area contributed by atoms with E-state index in [1.165, 1.54) is 9.80 Å². The van der Waals surface area contributed by atoms with Crippen molar-refractivity contribution < 1.29 is 48.1 Å². The van der Waals surface area contributed by atoms with Gasteiger partial charge in [0.05, 0.1) is 26.4 Å². The van der Waals surface area contributed by atoms with Gasteiger partial charge in [-0.05, 0) is 69.9 Å². The van der Waals surface area contributed by atoms with Crippen molar-refractivity contribution in [2.75, 3.05) is 26.3 Å². The standard InChI is InChI=1S/C41H57N5O10/c1-27(2)22-30(42-35(47)31(44-40(53)56-41(3,4)5)25-54-23-28-14-8-6-9-15-28)37(49)45-20-12-18-33(45)36(48)43-32(26-55-24-29-16-10-7-11-17-29)38(50)46-21-13-19-34(46)39(51)52/h6-11,14-17,27,30-34H,12-13,18-26H2,1-5H3,(H,42,47)(H,43,48)(H,44,53)(H,51,52)/t30-,31-,32-,33-,34-/m0/s1. The highest BCUT2D eigenvalue weighted by atomic mass is 16.6. The van der Waals surface area contributed by atoms with Gasteiger partial charge < -0.3 is 45.1 Å². The van der Waals surface area contributed by atoms with E-state index in [0.29, 0.717) is 25.7 Å². The van der Waals surface area contributed by atoms with Gasteiger partial charge in [0, 0.05) is 13.1 Å². The number of likely N-dealkylation sites (tertiary alicyclic amines) is 2. The van der Waals surface area contributed by atoms with Crippen LogP contribution in [-0.4, -0.2) is 113 Å². The van der Waals surface area contributed by atoms with E-state index >= 15 is 0 Å². The number of carboxylic acid groups (broad SMARTS) is 1. The average molecular weight is 780 g/mol. The number of alkyl carbamates (subject to hydrolysis) is 1. The van der Waals surface area contributed by atoms with Crippen molar-refractivity contribution in [2.45, 2.75) is 116 Å². The van der Waals surface area contributed by atoms with Gasteiger partial charge in [-0.25, -0.2) is 9.59 Å². The Hall–Kier alpha value is -5.02. The topological polar surface area (TPSA) is 193 Å². The third-order valence-corrected chi connectivity index (χ3v) is 9.40. The minimum absolute atomic E-state index is 0.0443. The minimum Gasteiger partial charge on any atom is -0.480 e. The molecule has 0 radical (unpaired) electrons. The fraction of sp³-hybridized carbons (Fsp3) is 0.561. The Balaban J connectivity index is 1.48. The number of amides is 5. The zero-order chi connectivity index (χ0) is 40.8. The van der Waals surface area contributed by atoms with E-state index in [4.69, 9.17) is 14.2 Å². The number of nitrogens with one attached hydrogen (secondary N) is 3. The van der Waals surface area contributed by atoms with E-state index in [9.17, 15) is 33.9 Å². The second kappa shape index (κ2) is 20.8. The summed E-state index contributed by atoms with van der Waals surface area (Å²) >= 11 is 0. The predicted molar refractivity (Wildman–Crippen MR) is 206 cm³/mol. The van der Waals surface area contributed by atoms with Crippen molar-refractivity contribution in [3.63, 3.8) is 0 Å². The number of benzene rings is 2. The van der Waals surface area contributed by atoms with Crippen LogP contribution in [0.2, 0.25) is 0 Å². The normalized spacial score (nSPS) is 18.5. The van der Waals surface area contributed by atoms with Crippen molar-refractivity contribution >= 4 is 35.7 Å². The number of carboxylic acids is 1. The maximum atomic E-state index is 14.3. The third kappa shape index (κ3) is 13.3. The summed E-state index contributed by atoms with van der Waals surface area (Å²) < 4.78 is 17.1. The Morgan fingerprint density at radius 3 is 1.73 bits per heavy atom. The third-order valence-electron chi connectivity index (χ3n) is 9.40. The molecule has 4 rings (SSSR count). The number of ether oxygens (including phenoxy) is 3. The van der Waals surface area contributed by atoms with Gasteiger partial charge in [-0.15, -0.1) is 0 Å². The molecule has 0 aromatic heterocycles. The smallest absolute Gasteiger partial charge is 0.408 e. The maximum Gasteiger partial charge on any atom is 0.408 e. The molecule has 15 nitrogen and oxygen atoms in total. The Kier molecular flexibility index (Phi) is 16.2. The van der Waals surface area contributed by atoms with E-state index in [1.54, 1.807) is 20.8 Å². The largest absolute Gasteiger partial charge is 0.480 e. The van der Waals surface area contributed by atoms with Gasteiger partial charge in [-0.1, -0.05) is 74.5 Å². The van der Waals surface area contributed by atoms with Crippen LogP contribution in [0, 0.1) is 5.92 Å². The molecule has 0 aliphatic carbocycles. The SMILES string of the molecule is CC(C)C[C@H](NC(=O)[C@H](COCc1ccccc1)NC(=O)OC(C)(C)C)C(=O)N1CCC[C@H]1C(=O)N[C@@H](COCc1ccccc1)C(=O)N1CCC[C@H]1C(=O)O. The van der Waals surface area contributed by atoms with Crippen molar-refractivity contribution in [3.8, 4) is 0 Å². The lowest BCUT2D eigenvalue weighted by atomic mass is 10.0. The lowest BCUT2D eigenvalue weighted by Gasteiger charge is -2.32. The monoisotopic (exact) mass is 779 g/mol. The summed E-state index contributed by atoms with van der Waals surface area (Å²) in [6.45, 7) is 9.26. The van der Waals surface area contributed by atoms with Gasteiger partial charge >= 0.3 is 12.1 Å². The summed E-state index contributed by atoms with van der Waals surface area (Å²) in [5.41, 5.74) is 0.886. The number of hydrogen-bond acceptors (Lipinski definition) is 9. The van der Waals surface area contributed by atoms with E-state index in [1.807, 2.05) is 74.5 Å². The molecule has 4 N–H and O–H groups in total. The summed E-state index contributed by atoms with van der Waals surface area (Å²) in [7, 11) is 0. The molecule has 306 valence electrons. The van der Waals surface area contributed by atoms with Gasteiger partial charge in [0.2, 0.25) is 23.6 Å². The number of rotatable bonds is 18. The Labute approximate surface area is 328 Å².